The fourth-order valence-corrected chi connectivity index (χ4v) is 8.10. The largest absolute Gasteiger partial charge is 0.457 e. The lowest BCUT2D eigenvalue weighted by Gasteiger charge is -2.41. The first kappa shape index (κ1) is 34.5. The molecule has 0 radical (unpaired) electrons. The Hall–Kier alpha value is -7.94. The van der Waals surface area contributed by atoms with Crippen LogP contribution in [0.4, 0.5) is 5.69 Å². The standard InChI is InChI=1S/C53H34N4O/c1-54-45-32-29-39(30-33-45)38-23-27-41(28-24-38)51-55-50(40-25-21-37(22-26-40)36-13-5-2-6-14-36)56-52(57-51)42-31-34-47-49(35-42)58-48-20-12-11-19-46(48)53(47,43-15-7-3-8-16-43)44-17-9-4-10-18-44/h2-35H. The molecule has 5 heteroatoms. The van der Waals surface area contributed by atoms with Crippen molar-refractivity contribution in [3.63, 3.8) is 0 Å². The first-order valence-electron chi connectivity index (χ1n) is 19.2. The average molecular weight is 743 g/mol. The lowest BCUT2D eigenvalue weighted by atomic mass is 9.63. The lowest BCUT2D eigenvalue weighted by Crippen LogP contribution is -2.34. The number of fused-ring (bicyclic) bond motifs is 2. The maximum atomic E-state index is 7.31. The summed E-state index contributed by atoms with van der Waals surface area (Å²) >= 11 is 0. The summed E-state index contributed by atoms with van der Waals surface area (Å²) in [5, 5.41) is 0. The molecular weight excluding hydrogens is 709 g/mol. The quantitative estimate of drug-likeness (QED) is 0.153. The van der Waals surface area contributed by atoms with Crippen LogP contribution in [-0.2, 0) is 5.41 Å². The van der Waals surface area contributed by atoms with Gasteiger partial charge in [0.05, 0.1) is 12.0 Å². The predicted molar refractivity (Wildman–Crippen MR) is 232 cm³/mol. The van der Waals surface area contributed by atoms with Crippen LogP contribution in [0.1, 0.15) is 22.3 Å². The molecule has 272 valence electrons. The SMILES string of the molecule is [C-]#[N+]c1ccc(-c2ccc(-c3nc(-c4ccc(-c5ccccc5)cc4)nc(-c4ccc5c(c4)Oc4ccccc4C5(c4ccccc4)c4ccccc4)n3)cc2)cc1. The number of rotatable bonds is 7. The summed E-state index contributed by atoms with van der Waals surface area (Å²) < 4.78 is 6.81. The van der Waals surface area contributed by atoms with Crippen molar-refractivity contribution in [2.75, 3.05) is 0 Å². The highest BCUT2D eigenvalue weighted by Crippen LogP contribution is 2.55. The van der Waals surface area contributed by atoms with Gasteiger partial charge >= 0.3 is 0 Å². The number of benzene rings is 8. The molecule has 0 amide bonds. The van der Waals surface area contributed by atoms with Crippen molar-refractivity contribution in [1.29, 1.82) is 0 Å². The van der Waals surface area contributed by atoms with E-state index in [1.165, 1.54) is 0 Å². The Morgan fingerprint density at radius 3 is 1.29 bits per heavy atom. The zero-order valence-corrected chi connectivity index (χ0v) is 31.3. The van der Waals surface area contributed by atoms with Gasteiger partial charge in [-0.2, -0.15) is 0 Å². The van der Waals surface area contributed by atoms with Crippen LogP contribution in [0.3, 0.4) is 0 Å². The van der Waals surface area contributed by atoms with Crippen LogP contribution in [-0.4, -0.2) is 15.0 Å². The van der Waals surface area contributed by atoms with Crippen molar-refractivity contribution >= 4 is 5.69 Å². The van der Waals surface area contributed by atoms with Gasteiger partial charge < -0.3 is 4.74 Å². The molecule has 0 atom stereocenters. The van der Waals surface area contributed by atoms with Crippen LogP contribution in [0.5, 0.6) is 11.5 Å². The molecule has 0 unspecified atom stereocenters. The molecule has 0 spiro atoms. The van der Waals surface area contributed by atoms with Crippen molar-refractivity contribution in [3.8, 4) is 67.9 Å². The molecule has 5 nitrogen and oxygen atoms in total. The van der Waals surface area contributed by atoms with E-state index in [0.29, 0.717) is 23.2 Å². The van der Waals surface area contributed by atoms with E-state index in [2.05, 4.69) is 144 Å². The molecule has 0 saturated heterocycles. The molecule has 9 aromatic rings. The summed E-state index contributed by atoms with van der Waals surface area (Å²) in [5.74, 6) is 3.23. The first-order valence-corrected chi connectivity index (χ1v) is 19.2. The van der Waals surface area contributed by atoms with Crippen molar-refractivity contribution in [2.45, 2.75) is 5.41 Å². The van der Waals surface area contributed by atoms with Gasteiger partial charge in [-0.15, -0.1) is 0 Å². The highest BCUT2D eigenvalue weighted by atomic mass is 16.5. The first-order chi connectivity index (χ1) is 28.7. The zero-order chi connectivity index (χ0) is 38.9. The number of aromatic nitrogens is 3. The monoisotopic (exact) mass is 742 g/mol. The van der Waals surface area contributed by atoms with Crippen molar-refractivity contribution < 1.29 is 4.74 Å². The van der Waals surface area contributed by atoms with E-state index >= 15 is 0 Å². The van der Waals surface area contributed by atoms with Gasteiger partial charge in [0, 0.05) is 27.8 Å². The van der Waals surface area contributed by atoms with Gasteiger partial charge in [-0.05, 0) is 45.5 Å². The Morgan fingerprint density at radius 2 is 0.759 bits per heavy atom. The molecule has 1 aliphatic heterocycles. The van der Waals surface area contributed by atoms with Crippen LogP contribution in [0.25, 0.3) is 61.3 Å². The van der Waals surface area contributed by atoms with Crippen LogP contribution in [0.2, 0.25) is 0 Å². The van der Waals surface area contributed by atoms with E-state index in [0.717, 1.165) is 72.7 Å². The molecule has 58 heavy (non-hydrogen) atoms. The molecule has 0 aliphatic carbocycles. The number of para-hydroxylation sites is 1. The lowest BCUT2D eigenvalue weighted by molar-refractivity contribution is 0.434. The molecule has 0 saturated carbocycles. The van der Waals surface area contributed by atoms with Crippen LogP contribution >= 0.6 is 0 Å². The normalized spacial score (nSPS) is 12.4. The zero-order valence-electron chi connectivity index (χ0n) is 31.3. The van der Waals surface area contributed by atoms with Crippen molar-refractivity contribution in [3.05, 3.63) is 240 Å². The molecule has 0 bridgehead atoms. The summed E-state index contributed by atoms with van der Waals surface area (Å²) in [6.45, 7) is 7.31. The number of nitrogens with zero attached hydrogens (tertiary/aromatic N) is 4. The molecule has 2 heterocycles. The Bertz CT molecular complexity index is 2900. The van der Waals surface area contributed by atoms with Gasteiger partial charge in [-0.3, -0.25) is 0 Å². The van der Waals surface area contributed by atoms with Gasteiger partial charge in [0.15, 0.2) is 23.2 Å². The van der Waals surface area contributed by atoms with Crippen molar-refractivity contribution in [2.24, 2.45) is 0 Å². The molecule has 0 fully saturated rings. The van der Waals surface area contributed by atoms with Crippen molar-refractivity contribution in [1.82, 2.24) is 15.0 Å². The second kappa shape index (κ2) is 14.6. The van der Waals surface area contributed by atoms with Crippen LogP contribution < -0.4 is 4.74 Å². The summed E-state index contributed by atoms with van der Waals surface area (Å²) in [7, 11) is 0. The van der Waals surface area contributed by atoms with Gasteiger partial charge in [-0.1, -0.05) is 194 Å². The second-order valence-corrected chi connectivity index (χ2v) is 14.3. The van der Waals surface area contributed by atoms with E-state index in [-0.39, 0.29) is 0 Å². The molecule has 8 aromatic carbocycles. The Labute approximate surface area is 337 Å². The minimum absolute atomic E-state index is 0.543. The third-order valence-electron chi connectivity index (χ3n) is 10.9. The highest BCUT2D eigenvalue weighted by molar-refractivity contribution is 5.76. The topological polar surface area (TPSA) is 52.3 Å². The minimum atomic E-state index is -0.626. The number of hydrogen-bond donors (Lipinski definition) is 0. The summed E-state index contributed by atoms with van der Waals surface area (Å²) in [4.78, 5) is 18.8. The summed E-state index contributed by atoms with van der Waals surface area (Å²) in [5.41, 5.74) is 11.3. The average Bonchev–Trinajstić information content (AvgIpc) is 3.31. The molecule has 1 aromatic heterocycles. The Balaban J connectivity index is 1.12. The fraction of sp³-hybridized carbons (Fsp3) is 0.0189. The van der Waals surface area contributed by atoms with Gasteiger partial charge in [0.1, 0.15) is 11.5 Å². The van der Waals surface area contributed by atoms with Gasteiger partial charge in [0.2, 0.25) is 0 Å². The summed E-state index contributed by atoms with van der Waals surface area (Å²) in [6.07, 6.45) is 0. The smallest absolute Gasteiger partial charge is 0.187 e. The maximum Gasteiger partial charge on any atom is 0.187 e. The van der Waals surface area contributed by atoms with Gasteiger partial charge in [0.25, 0.3) is 0 Å². The summed E-state index contributed by atoms with van der Waals surface area (Å²) in [6, 6.07) is 70.6. The number of hydrogen-bond acceptors (Lipinski definition) is 4. The fourth-order valence-electron chi connectivity index (χ4n) is 8.10. The van der Waals surface area contributed by atoms with E-state index in [9.17, 15) is 0 Å². The van der Waals surface area contributed by atoms with E-state index < -0.39 is 5.41 Å². The molecule has 1 aliphatic rings. The maximum absolute atomic E-state index is 7.31. The molecule has 0 N–H and O–H groups in total. The van der Waals surface area contributed by atoms with Crippen LogP contribution in [0.15, 0.2) is 206 Å². The third kappa shape index (κ3) is 6.10. The highest BCUT2D eigenvalue weighted by Gasteiger charge is 2.45. The van der Waals surface area contributed by atoms with E-state index in [1.54, 1.807) is 0 Å². The van der Waals surface area contributed by atoms with E-state index in [1.807, 2.05) is 66.7 Å². The molecular formula is C53H34N4O. The predicted octanol–water partition coefficient (Wildman–Crippen LogP) is 13.2. The molecule has 10 rings (SSSR count). The second-order valence-electron chi connectivity index (χ2n) is 14.3. The van der Waals surface area contributed by atoms with E-state index in [4.69, 9.17) is 26.3 Å². The Morgan fingerprint density at radius 1 is 0.362 bits per heavy atom. The van der Waals surface area contributed by atoms with Crippen LogP contribution in [0, 0.1) is 6.57 Å². The van der Waals surface area contributed by atoms with Gasteiger partial charge in [-0.25, -0.2) is 19.8 Å². The Kier molecular flexibility index (Phi) is 8.70. The third-order valence-corrected chi connectivity index (χ3v) is 10.9. The number of ether oxygens (including phenoxy) is 1. The minimum Gasteiger partial charge on any atom is -0.457 e.